The van der Waals surface area contributed by atoms with E-state index >= 15 is 0 Å². The number of hydrogen-bond acceptors (Lipinski definition) is 1. The van der Waals surface area contributed by atoms with Crippen molar-refractivity contribution in [2.75, 3.05) is 0 Å². The molecule has 120 valence electrons. The maximum atomic E-state index is 9.05. The molecule has 0 amide bonds. The summed E-state index contributed by atoms with van der Waals surface area (Å²) in [4.78, 5) is 0. The molecule has 0 bridgehead atoms. The van der Waals surface area contributed by atoms with E-state index < -0.39 is 0 Å². The molecule has 0 aliphatic carbocycles. The topological polar surface area (TPSA) is 23.8 Å². The van der Waals surface area contributed by atoms with Gasteiger partial charge in [0, 0.05) is 0 Å². The van der Waals surface area contributed by atoms with E-state index in [0.29, 0.717) is 5.56 Å². The Bertz CT molecular complexity index is 663. The van der Waals surface area contributed by atoms with Crippen LogP contribution in [0.5, 0.6) is 0 Å². The van der Waals surface area contributed by atoms with Gasteiger partial charge in [-0.15, -0.1) is 0 Å². The highest BCUT2D eigenvalue weighted by molar-refractivity contribution is 5.65. The lowest BCUT2D eigenvalue weighted by atomic mass is 9.74. The third-order valence-corrected chi connectivity index (χ3v) is 4.79. The molecule has 0 spiro atoms. The lowest BCUT2D eigenvalue weighted by molar-refractivity contribution is 0.383. The molecule has 1 atom stereocenters. The second-order valence-electron chi connectivity index (χ2n) is 6.68. The summed E-state index contributed by atoms with van der Waals surface area (Å²) in [5.41, 5.74) is 4.72. The normalized spacial score (nSPS) is 13.3. The van der Waals surface area contributed by atoms with E-state index in [1.54, 1.807) is 0 Å². The first-order valence-electron chi connectivity index (χ1n) is 8.74. The largest absolute Gasteiger partial charge is 0.192 e. The highest BCUT2D eigenvalue weighted by Crippen LogP contribution is 2.35. The summed E-state index contributed by atoms with van der Waals surface area (Å²) in [5, 5.41) is 9.05. The van der Waals surface area contributed by atoms with Gasteiger partial charge in [0.05, 0.1) is 11.6 Å². The van der Waals surface area contributed by atoms with Crippen molar-refractivity contribution in [3.05, 3.63) is 59.7 Å². The molecule has 1 unspecified atom stereocenters. The highest BCUT2D eigenvalue weighted by Gasteiger charge is 2.24. The number of unbranched alkanes of at least 4 members (excludes halogenated alkanes) is 1. The Labute approximate surface area is 141 Å². The Morgan fingerprint density at radius 3 is 2.26 bits per heavy atom. The Morgan fingerprint density at radius 1 is 0.913 bits per heavy atom. The Kier molecular flexibility index (Phi) is 5.99. The molecule has 2 rings (SSSR count). The maximum Gasteiger partial charge on any atom is 0.0991 e. The SMILES string of the molecule is CCCCC(C)(CCC)c1ccc(-c2cccc(C#N)c2)cc1. The highest BCUT2D eigenvalue weighted by atomic mass is 14.3. The Morgan fingerprint density at radius 2 is 1.65 bits per heavy atom. The van der Waals surface area contributed by atoms with Gasteiger partial charge in [0.2, 0.25) is 0 Å². The van der Waals surface area contributed by atoms with Gasteiger partial charge < -0.3 is 0 Å². The van der Waals surface area contributed by atoms with Crippen LogP contribution >= 0.6 is 0 Å². The molecule has 0 heterocycles. The first kappa shape index (κ1) is 17.3. The minimum absolute atomic E-state index is 0.276. The summed E-state index contributed by atoms with van der Waals surface area (Å²) in [6.45, 7) is 6.93. The summed E-state index contributed by atoms with van der Waals surface area (Å²) in [7, 11) is 0. The van der Waals surface area contributed by atoms with Crippen molar-refractivity contribution in [1.29, 1.82) is 5.26 Å². The molecule has 1 heteroatoms. The minimum Gasteiger partial charge on any atom is -0.192 e. The number of hydrogen-bond donors (Lipinski definition) is 0. The predicted molar refractivity (Wildman–Crippen MR) is 98.4 cm³/mol. The number of benzene rings is 2. The molecule has 0 N–H and O–H groups in total. The van der Waals surface area contributed by atoms with E-state index in [2.05, 4.69) is 57.2 Å². The van der Waals surface area contributed by atoms with Crippen molar-refractivity contribution >= 4 is 0 Å². The van der Waals surface area contributed by atoms with E-state index in [0.717, 1.165) is 5.56 Å². The van der Waals surface area contributed by atoms with Gasteiger partial charge in [-0.1, -0.05) is 76.4 Å². The third kappa shape index (κ3) is 4.23. The van der Waals surface area contributed by atoms with E-state index in [4.69, 9.17) is 5.26 Å². The first-order chi connectivity index (χ1) is 11.1. The quantitative estimate of drug-likeness (QED) is 0.574. The molecular weight excluding hydrogens is 278 g/mol. The molecule has 0 aliphatic heterocycles. The molecule has 1 nitrogen and oxygen atoms in total. The van der Waals surface area contributed by atoms with Gasteiger partial charge in [0.1, 0.15) is 0 Å². The molecule has 0 saturated carbocycles. The van der Waals surface area contributed by atoms with E-state index in [1.807, 2.05) is 18.2 Å². The molecule has 0 aliphatic rings. The van der Waals surface area contributed by atoms with Gasteiger partial charge >= 0.3 is 0 Å². The van der Waals surface area contributed by atoms with Crippen LogP contribution in [-0.2, 0) is 5.41 Å². The smallest absolute Gasteiger partial charge is 0.0991 e. The standard InChI is InChI=1S/C22H27N/c1-4-6-15-22(3,14-5-2)21-12-10-19(11-13-21)20-9-7-8-18(16-20)17-23/h7-13,16H,4-6,14-15H2,1-3H3. The molecule has 23 heavy (non-hydrogen) atoms. The van der Waals surface area contributed by atoms with Crippen LogP contribution in [0.1, 0.15) is 64.0 Å². The van der Waals surface area contributed by atoms with Gasteiger partial charge in [0.25, 0.3) is 0 Å². The van der Waals surface area contributed by atoms with E-state index in [-0.39, 0.29) is 5.41 Å². The second-order valence-corrected chi connectivity index (χ2v) is 6.68. The van der Waals surface area contributed by atoms with E-state index in [9.17, 15) is 0 Å². The minimum atomic E-state index is 0.276. The number of rotatable bonds is 7. The zero-order chi connectivity index (χ0) is 16.7. The summed E-state index contributed by atoms with van der Waals surface area (Å²) in [6, 6.07) is 19.0. The average Bonchev–Trinajstić information content (AvgIpc) is 2.60. The molecule has 2 aromatic rings. The summed E-state index contributed by atoms with van der Waals surface area (Å²) < 4.78 is 0. The first-order valence-corrected chi connectivity index (χ1v) is 8.74. The third-order valence-electron chi connectivity index (χ3n) is 4.79. The van der Waals surface area contributed by atoms with Crippen molar-refractivity contribution in [3.63, 3.8) is 0 Å². The predicted octanol–water partition coefficient (Wildman–Crippen LogP) is 6.47. The van der Waals surface area contributed by atoms with Crippen LogP contribution in [0, 0.1) is 11.3 Å². The van der Waals surface area contributed by atoms with Crippen LogP contribution in [0.4, 0.5) is 0 Å². The van der Waals surface area contributed by atoms with Crippen LogP contribution < -0.4 is 0 Å². The van der Waals surface area contributed by atoms with Crippen molar-refractivity contribution in [2.24, 2.45) is 0 Å². The zero-order valence-electron chi connectivity index (χ0n) is 14.6. The molecule has 0 radical (unpaired) electrons. The van der Waals surface area contributed by atoms with Crippen LogP contribution in [0.25, 0.3) is 11.1 Å². The van der Waals surface area contributed by atoms with Gasteiger partial charge in [-0.3, -0.25) is 0 Å². The van der Waals surface area contributed by atoms with Crippen molar-refractivity contribution in [1.82, 2.24) is 0 Å². The molecule has 0 aromatic heterocycles. The van der Waals surface area contributed by atoms with Gasteiger partial charge in [-0.05, 0) is 47.1 Å². The summed E-state index contributed by atoms with van der Waals surface area (Å²) >= 11 is 0. The second kappa shape index (κ2) is 7.97. The average molecular weight is 305 g/mol. The number of nitriles is 1. The lowest BCUT2D eigenvalue weighted by Gasteiger charge is -2.30. The fourth-order valence-electron chi connectivity index (χ4n) is 3.37. The van der Waals surface area contributed by atoms with Gasteiger partial charge in [0.15, 0.2) is 0 Å². The fourth-order valence-corrected chi connectivity index (χ4v) is 3.37. The molecule has 2 aromatic carbocycles. The molecule has 0 saturated heterocycles. The lowest BCUT2D eigenvalue weighted by Crippen LogP contribution is -2.21. The van der Waals surface area contributed by atoms with Gasteiger partial charge in [-0.25, -0.2) is 0 Å². The Hall–Kier alpha value is -2.07. The van der Waals surface area contributed by atoms with Crippen LogP contribution in [0.2, 0.25) is 0 Å². The van der Waals surface area contributed by atoms with Crippen LogP contribution in [0.15, 0.2) is 48.5 Å². The summed E-state index contributed by atoms with van der Waals surface area (Å²) in [6.07, 6.45) is 6.23. The number of nitrogens with zero attached hydrogens (tertiary/aromatic N) is 1. The fraction of sp³-hybridized carbons (Fsp3) is 0.409. The van der Waals surface area contributed by atoms with Crippen molar-refractivity contribution < 1.29 is 0 Å². The van der Waals surface area contributed by atoms with Crippen molar-refractivity contribution in [3.8, 4) is 17.2 Å². The Balaban J connectivity index is 2.28. The van der Waals surface area contributed by atoms with Crippen LogP contribution in [-0.4, -0.2) is 0 Å². The van der Waals surface area contributed by atoms with E-state index in [1.165, 1.54) is 43.2 Å². The van der Waals surface area contributed by atoms with Crippen LogP contribution in [0.3, 0.4) is 0 Å². The molecular formula is C22H27N. The summed E-state index contributed by atoms with van der Waals surface area (Å²) in [5.74, 6) is 0. The zero-order valence-corrected chi connectivity index (χ0v) is 14.6. The van der Waals surface area contributed by atoms with Gasteiger partial charge in [-0.2, -0.15) is 5.26 Å². The molecule has 0 fully saturated rings. The van der Waals surface area contributed by atoms with Crippen molar-refractivity contribution in [2.45, 2.75) is 58.3 Å². The maximum absolute atomic E-state index is 9.05. The monoisotopic (exact) mass is 305 g/mol.